The molecule has 104 valence electrons. The monoisotopic (exact) mass is 260 g/mol. The molecule has 1 saturated carbocycles. The maximum absolute atomic E-state index is 5.50. The van der Waals surface area contributed by atoms with E-state index in [9.17, 15) is 0 Å². The summed E-state index contributed by atoms with van der Waals surface area (Å²) in [5, 5.41) is 7.07. The number of ether oxygens (including phenoxy) is 1. The van der Waals surface area contributed by atoms with Gasteiger partial charge in [0.05, 0.1) is 6.10 Å². The summed E-state index contributed by atoms with van der Waals surface area (Å²) in [6, 6.07) is 7.40. The van der Waals surface area contributed by atoms with Gasteiger partial charge in [0.25, 0.3) is 0 Å². The molecule has 1 fully saturated rings. The number of fused-ring (bicyclic) bond motifs is 1. The first kappa shape index (κ1) is 13.1. The average molecular weight is 260 g/mol. The van der Waals surface area contributed by atoms with Crippen LogP contribution in [0.15, 0.2) is 18.2 Å². The van der Waals surface area contributed by atoms with Crippen molar-refractivity contribution in [2.45, 2.75) is 52.0 Å². The van der Waals surface area contributed by atoms with Crippen molar-refractivity contribution in [2.75, 3.05) is 7.11 Å². The summed E-state index contributed by atoms with van der Waals surface area (Å²) >= 11 is 0. The van der Waals surface area contributed by atoms with E-state index in [-0.39, 0.29) is 5.41 Å². The zero-order valence-electron chi connectivity index (χ0n) is 12.1. The fraction of sp³-hybridized carbons (Fsp3) is 0.625. The minimum atomic E-state index is 0.243. The molecule has 3 nitrogen and oxygen atoms in total. The highest BCUT2D eigenvalue weighted by molar-refractivity contribution is 5.34. The van der Waals surface area contributed by atoms with Crippen molar-refractivity contribution in [1.82, 2.24) is 10.6 Å². The second-order valence-corrected chi connectivity index (χ2v) is 6.42. The van der Waals surface area contributed by atoms with Crippen LogP contribution in [0.5, 0.6) is 0 Å². The Morgan fingerprint density at radius 1 is 1.32 bits per heavy atom. The molecule has 1 heterocycles. The molecule has 19 heavy (non-hydrogen) atoms. The highest BCUT2D eigenvalue weighted by Crippen LogP contribution is 2.42. The van der Waals surface area contributed by atoms with E-state index >= 15 is 0 Å². The van der Waals surface area contributed by atoms with Gasteiger partial charge in [-0.25, -0.2) is 0 Å². The molecule has 0 bridgehead atoms. The van der Waals surface area contributed by atoms with Crippen LogP contribution in [0.4, 0.5) is 0 Å². The van der Waals surface area contributed by atoms with Crippen LogP contribution in [0.3, 0.4) is 0 Å². The van der Waals surface area contributed by atoms with Crippen LogP contribution < -0.4 is 10.6 Å². The Morgan fingerprint density at radius 2 is 2.11 bits per heavy atom. The lowest BCUT2D eigenvalue weighted by molar-refractivity contribution is -0.0979. The van der Waals surface area contributed by atoms with E-state index < -0.39 is 0 Å². The van der Waals surface area contributed by atoms with Crippen molar-refractivity contribution in [3.05, 3.63) is 34.9 Å². The van der Waals surface area contributed by atoms with Gasteiger partial charge in [0.15, 0.2) is 0 Å². The lowest BCUT2D eigenvalue weighted by Crippen LogP contribution is -2.60. The molecule has 1 aromatic rings. The van der Waals surface area contributed by atoms with Crippen molar-refractivity contribution in [3.8, 4) is 0 Å². The standard InChI is InChI=1S/C16H24N2O/c1-16(2)14(7-15(16)19-3)18-8-11-4-5-12-9-17-10-13(12)6-11/h4-6,14-15,17-18H,7-10H2,1-3H3. The number of methoxy groups -OCH3 is 1. The van der Waals surface area contributed by atoms with Gasteiger partial charge < -0.3 is 15.4 Å². The molecule has 0 saturated heterocycles. The van der Waals surface area contributed by atoms with Gasteiger partial charge in [0.1, 0.15) is 0 Å². The van der Waals surface area contributed by atoms with Gasteiger partial charge >= 0.3 is 0 Å². The van der Waals surface area contributed by atoms with Crippen molar-refractivity contribution >= 4 is 0 Å². The molecule has 0 radical (unpaired) electrons. The Bertz CT molecular complexity index is 470. The minimum Gasteiger partial charge on any atom is -0.381 e. The summed E-state index contributed by atoms with van der Waals surface area (Å²) in [6.45, 7) is 7.57. The maximum atomic E-state index is 5.50. The van der Waals surface area contributed by atoms with E-state index in [1.165, 1.54) is 16.7 Å². The van der Waals surface area contributed by atoms with E-state index in [2.05, 4.69) is 42.7 Å². The first-order chi connectivity index (χ1) is 9.11. The van der Waals surface area contributed by atoms with Crippen molar-refractivity contribution in [3.63, 3.8) is 0 Å². The third-order valence-corrected chi connectivity index (χ3v) is 4.92. The average Bonchev–Trinajstić information content (AvgIpc) is 2.85. The predicted molar refractivity (Wildman–Crippen MR) is 76.8 cm³/mol. The Hall–Kier alpha value is -0.900. The molecule has 0 amide bonds. The lowest BCUT2D eigenvalue weighted by atomic mass is 9.64. The van der Waals surface area contributed by atoms with Gasteiger partial charge in [-0.15, -0.1) is 0 Å². The van der Waals surface area contributed by atoms with E-state index in [4.69, 9.17) is 4.74 Å². The van der Waals surface area contributed by atoms with Crippen LogP contribution in [0.2, 0.25) is 0 Å². The smallest absolute Gasteiger partial charge is 0.0652 e. The quantitative estimate of drug-likeness (QED) is 0.870. The van der Waals surface area contributed by atoms with Crippen LogP contribution in [0.1, 0.15) is 37.0 Å². The molecular formula is C16H24N2O. The number of benzene rings is 1. The van der Waals surface area contributed by atoms with Gasteiger partial charge in [0.2, 0.25) is 0 Å². The van der Waals surface area contributed by atoms with Crippen LogP contribution in [-0.2, 0) is 24.4 Å². The Labute approximate surface area is 115 Å². The summed E-state index contributed by atoms with van der Waals surface area (Å²) in [7, 11) is 1.82. The molecule has 2 aliphatic rings. The van der Waals surface area contributed by atoms with Gasteiger partial charge in [-0.3, -0.25) is 0 Å². The number of hydrogen-bond donors (Lipinski definition) is 2. The predicted octanol–water partition coefficient (Wildman–Crippen LogP) is 2.19. The summed E-state index contributed by atoms with van der Waals surface area (Å²) in [5.74, 6) is 0. The summed E-state index contributed by atoms with van der Waals surface area (Å²) in [6.07, 6.45) is 1.52. The molecule has 2 atom stereocenters. The van der Waals surface area contributed by atoms with E-state index in [0.29, 0.717) is 12.1 Å². The fourth-order valence-electron chi connectivity index (χ4n) is 3.33. The van der Waals surface area contributed by atoms with E-state index in [1.807, 2.05) is 7.11 Å². The Morgan fingerprint density at radius 3 is 2.84 bits per heavy atom. The van der Waals surface area contributed by atoms with Crippen LogP contribution in [-0.4, -0.2) is 19.3 Å². The van der Waals surface area contributed by atoms with Gasteiger partial charge in [0, 0.05) is 38.2 Å². The van der Waals surface area contributed by atoms with Crippen LogP contribution in [0, 0.1) is 5.41 Å². The number of nitrogens with one attached hydrogen (secondary N) is 2. The summed E-state index contributed by atoms with van der Waals surface area (Å²) in [4.78, 5) is 0. The van der Waals surface area contributed by atoms with E-state index in [1.54, 1.807) is 0 Å². The molecule has 0 spiro atoms. The molecule has 2 N–H and O–H groups in total. The highest BCUT2D eigenvalue weighted by atomic mass is 16.5. The van der Waals surface area contributed by atoms with Gasteiger partial charge in [-0.2, -0.15) is 0 Å². The maximum Gasteiger partial charge on any atom is 0.0652 e. The fourth-order valence-corrected chi connectivity index (χ4v) is 3.33. The molecular weight excluding hydrogens is 236 g/mol. The zero-order chi connectivity index (χ0) is 13.5. The molecule has 0 aromatic heterocycles. The highest BCUT2D eigenvalue weighted by Gasteiger charge is 2.48. The van der Waals surface area contributed by atoms with Crippen LogP contribution in [0.25, 0.3) is 0 Å². The molecule has 3 heteroatoms. The summed E-state index contributed by atoms with van der Waals surface area (Å²) < 4.78 is 5.50. The minimum absolute atomic E-state index is 0.243. The Balaban J connectivity index is 1.59. The van der Waals surface area contributed by atoms with Crippen LogP contribution >= 0.6 is 0 Å². The van der Waals surface area contributed by atoms with Gasteiger partial charge in [-0.1, -0.05) is 32.0 Å². The molecule has 1 aromatic carbocycles. The largest absolute Gasteiger partial charge is 0.381 e. The van der Waals surface area contributed by atoms with Crippen molar-refractivity contribution < 1.29 is 4.74 Å². The van der Waals surface area contributed by atoms with Gasteiger partial charge in [-0.05, 0) is 23.1 Å². The third-order valence-electron chi connectivity index (χ3n) is 4.92. The second-order valence-electron chi connectivity index (χ2n) is 6.42. The Kier molecular flexibility index (Phi) is 3.37. The number of hydrogen-bond acceptors (Lipinski definition) is 3. The third kappa shape index (κ3) is 2.31. The van der Waals surface area contributed by atoms with E-state index in [0.717, 1.165) is 26.1 Å². The number of rotatable bonds is 4. The first-order valence-corrected chi connectivity index (χ1v) is 7.19. The molecule has 1 aliphatic carbocycles. The van der Waals surface area contributed by atoms with Crippen molar-refractivity contribution in [2.24, 2.45) is 5.41 Å². The zero-order valence-corrected chi connectivity index (χ0v) is 12.1. The van der Waals surface area contributed by atoms with Crippen molar-refractivity contribution in [1.29, 1.82) is 0 Å². The first-order valence-electron chi connectivity index (χ1n) is 7.19. The topological polar surface area (TPSA) is 33.3 Å². The molecule has 2 unspecified atom stereocenters. The summed E-state index contributed by atoms with van der Waals surface area (Å²) in [5.41, 5.74) is 4.54. The molecule has 1 aliphatic heterocycles. The molecule has 3 rings (SSSR count). The normalized spacial score (nSPS) is 27.9. The second kappa shape index (κ2) is 4.89. The SMILES string of the molecule is COC1CC(NCc2ccc3c(c2)CNC3)C1(C)C. The lowest BCUT2D eigenvalue weighted by Gasteiger charge is -2.51.